The van der Waals surface area contributed by atoms with Crippen LogP contribution in [0.1, 0.15) is 20.3 Å². The number of nitrogens with one attached hydrogen (secondary N) is 1. The first-order valence-corrected chi connectivity index (χ1v) is 6.71. The molecule has 0 aliphatic carbocycles. The Bertz CT molecular complexity index is 302. The minimum Gasteiger partial charge on any atom is -0.497 e. The molecule has 0 saturated heterocycles. The van der Waals surface area contributed by atoms with Crippen LogP contribution in [-0.2, 0) is 0 Å². The fraction of sp³-hybridized carbons (Fsp3) is 0.538. The summed E-state index contributed by atoms with van der Waals surface area (Å²) in [5.41, 5.74) is 0. The highest BCUT2D eigenvalue weighted by Gasteiger charge is 1.97. The van der Waals surface area contributed by atoms with Crippen molar-refractivity contribution in [3.8, 4) is 5.75 Å². The fourth-order valence-corrected chi connectivity index (χ4v) is 2.24. The highest BCUT2D eigenvalue weighted by molar-refractivity contribution is 7.99. The summed E-state index contributed by atoms with van der Waals surface area (Å²) in [6.45, 7) is 5.44. The molecule has 0 aromatic heterocycles. The Morgan fingerprint density at radius 3 is 2.88 bits per heavy atom. The average Bonchev–Trinajstić information content (AvgIpc) is 2.28. The number of methoxy groups -OCH3 is 1. The molecule has 3 heteroatoms. The minimum atomic E-state index is 0.585. The van der Waals surface area contributed by atoms with Crippen molar-refractivity contribution in [2.75, 3.05) is 19.4 Å². The summed E-state index contributed by atoms with van der Waals surface area (Å²) in [4.78, 5) is 1.28. The van der Waals surface area contributed by atoms with Gasteiger partial charge in [-0.3, -0.25) is 0 Å². The molecule has 0 aliphatic rings. The Balaban J connectivity index is 2.21. The van der Waals surface area contributed by atoms with E-state index in [1.165, 1.54) is 11.3 Å². The van der Waals surface area contributed by atoms with Crippen LogP contribution in [0.25, 0.3) is 0 Å². The quantitative estimate of drug-likeness (QED) is 0.583. The van der Waals surface area contributed by atoms with Gasteiger partial charge in [0.1, 0.15) is 5.75 Å². The molecule has 0 saturated carbocycles. The molecule has 1 aromatic rings. The lowest BCUT2D eigenvalue weighted by atomic mass is 10.3. The molecule has 0 bridgehead atoms. The van der Waals surface area contributed by atoms with Crippen LogP contribution in [0.15, 0.2) is 29.2 Å². The molecule has 90 valence electrons. The van der Waals surface area contributed by atoms with E-state index in [0.717, 1.165) is 18.0 Å². The molecule has 0 spiro atoms. The lowest BCUT2D eigenvalue weighted by molar-refractivity contribution is 0.413. The molecule has 0 unspecified atom stereocenters. The molecule has 1 aromatic carbocycles. The fourth-order valence-electron chi connectivity index (χ4n) is 1.34. The molecule has 0 fully saturated rings. The number of ether oxygens (including phenoxy) is 1. The van der Waals surface area contributed by atoms with Gasteiger partial charge in [-0.2, -0.15) is 0 Å². The van der Waals surface area contributed by atoms with Crippen molar-refractivity contribution in [3.63, 3.8) is 0 Å². The molecule has 0 radical (unpaired) electrons. The van der Waals surface area contributed by atoms with Crippen molar-refractivity contribution in [2.24, 2.45) is 0 Å². The Kier molecular flexibility index (Phi) is 6.34. The maximum Gasteiger partial charge on any atom is 0.119 e. The summed E-state index contributed by atoms with van der Waals surface area (Å²) in [5.74, 6) is 2.08. The number of benzene rings is 1. The molecule has 2 nitrogen and oxygen atoms in total. The topological polar surface area (TPSA) is 21.3 Å². The third kappa shape index (κ3) is 5.42. The second kappa shape index (κ2) is 7.58. The van der Waals surface area contributed by atoms with E-state index in [-0.39, 0.29) is 0 Å². The molecule has 0 amide bonds. The normalized spacial score (nSPS) is 10.8. The Labute approximate surface area is 103 Å². The van der Waals surface area contributed by atoms with Crippen LogP contribution < -0.4 is 10.1 Å². The van der Waals surface area contributed by atoms with Crippen LogP contribution in [0.4, 0.5) is 0 Å². The summed E-state index contributed by atoms with van der Waals surface area (Å²) in [7, 11) is 1.70. The zero-order chi connectivity index (χ0) is 11.8. The maximum atomic E-state index is 5.19. The van der Waals surface area contributed by atoms with Gasteiger partial charge in [-0.05, 0) is 36.9 Å². The zero-order valence-corrected chi connectivity index (χ0v) is 11.1. The van der Waals surface area contributed by atoms with Crippen molar-refractivity contribution in [2.45, 2.75) is 31.2 Å². The van der Waals surface area contributed by atoms with Crippen LogP contribution in [-0.4, -0.2) is 25.4 Å². The van der Waals surface area contributed by atoms with Gasteiger partial charge >= 0.3 is 0 Å². The van der Waals surface area contributed by atoms with Gasteiger partial charge in [-0.15, -0.1) is 11.8 Å². The minimum absolute atomic E-state index is 0.585. The summed E-state index contributed by atoms with van der Waals surface area (Å²) < 4.78 is 5.19. The van der Waals surface area contributed by atoms with Crippen LogP contribution >= 0.6 is 11.8 Å². The summed E-state index contributed by atoms with van der Waals surface area (Å²) in [5, 5.41) is 3.42. The third-order valence-electron chi connectivity index (χ3n) is 2.18. The first-order valence-electron chi connectivity index (χ1n) is 5.72. The first kappa shape index (κ1) is 13.4. The smallest absolute Gasteiger partial charge is 0.119 e. The van der Waals surface area contributed by atoms with Crippen LogP contribution in [0, 0.1) is 0 Å². The zero-order valence-electron chi connectivity index (χ0n) is 10.3. The molecule has 1 rings (SSSR count). The van der Waals surface area contributed by atoms with Crippen molar-refractivity contribution < 1.29 is 4.74 Å². The molecule has 0 atom stereocenters. The van der Waals surface area contributed by atoms with E-state index in [1.807, 2.05) is 23.9 Å². The second-order valence-corrected chi connectivity index (χ2v) is 5.16. The predicted octanol–water partition coefficient (Wildman–Crippen LogP) is 3.18. The monoisotopic (exact) mass is 239 g/mol. The standard InChI is InChI=1S/C13H21NOS/c1-11(2)14-8-5-9-16-13-7-4-6-12(10-13)15-3/h4,6-7,10-11,14H,5,8-9H2,1-3H3. The van der Waals surface area contributed by atoms with Crippen LogP contribution in [0.5, 0.6) is 5.75 Å². The molecule has 0 aliphatic heterocycles. The second-order valence-electron chi connectivity index (χ2n) is 3.99. The van der Waals surface area contributed by atoms with E-state index in [2.05, 4.69) is 31.3 Å². The number of hydrogen-bond acceptors (Lipinski definition) is 3. The van der Waals surface area contributed by atoms with E-state index in [9.17, 15) is 0 Å². The van der Waals surface area contributed by atoms with Crippen LogP contribution in [0.3, 0.4) is 0 Å². The van der Waals surface area contributed by atoms with Gasteiger partial charge in [0.05, 0.1) is 7.11 Å². The lowest BCUT2D eigenvalue weighted by Gasteiger charge is -2.07. The number of hydrogen-bond donors (Lipinski definition) is 1. The predicted molar refractivity (Wildman–Crippen MR) is 71.5 cm³/mol. The van der Waals surface area contributed by atoms with Crippen molar-refractivity contribution in [1.29, 1.82) is 0 Å². The Morgan fingerprint density at radius 2 is 2.19 bits per heavy atom. The highest BCUT2D eigenvalue weighted by Crippen LogP contribution is 2.22. The van der Waals surface area contributed by atoms with E-state index >= 15 is 0 Å². The van der Waals surface area contributed by atoms with Crippen LogP contribution in [0.2, 0.25) is 0 Å². The average molecular weight is 239 g/mol. The molecular weight excluding hydrogens is 218 g/mol. The van der Waals surface area contributed by atoms with Crippen molar-refractivity contribution in [1.82, 2.24) is 5.32 Å². The largest absolute Gasteiger partial charge is 0.497 e. The lowest BCUT2D eigenvalue weighted by Crippen LogP contribution is -2.23. The summed E-state index contributed by atoms with van der Waals surface area (Å²) >= 11 is 1.88. The van der Waals surface area contributed by atoms with Crippen molar-refractivity contribution >= 4 is 11.8 Å². The molecule has 0 heterocycles. The van der Waals surface area contributed by atoms with E-state index < -0.39 is 0 Å². The van der Waals surface area contributed by atoms with Gasteiger partial charge in [0, 0.05) is 10.9 Å². The van der Waals surface area contributed by atoms with Gasteiger partial charge in [0.15, 0.2) is 0 Å². The molecular formula is C13H21NOS. The third-order valence-corrected chi connectivity index (χ3v) is 3.26. The first-order chi connectivity index (χ1) is 7.72. The van der Waals surface area contributed by atoms with E-state index in [1.54, 1.807) is 7.11 Å². The van der Waals surface area contributed by atoms with E-state index in [4.69, 9.17) is 4.74 Å². The summed E-state index contributed by atoms with van der Waals surface area (Å²) in [6.07, 6.45) is 1.19. The Morgan fingerprint density at radius 1 is 1.38 bits per heavy atom. The van der Waals surface area contributed by atoms with Gasteiger partial charge in [0.2, 0.25) is 0 Å². The molecule has 16 heavy (non-hydrogen) atoms. The van der Waals surface area contributed by atoms with Crippen molar-refractivity contribution in [3.05, 3.63) is 24.3 Å². The SMILES string of the molecule is COc1cccc(SCCCNC(C)C)c1. The summed E-state index contributed by atoms with van der Waals surface area (Å²) in [6, 6.07) is 8.81. The van der Waals surface area contributed by atoms with Gasteiger partial charge < -0.3 is 10.1 Å². The maximum absolute atomic E-state index is 5.19. The number of rotatable bonds is 7. The Hall–Kier alpha value is -0.670. The van der Waals surface area contributed by atoms with Gasteiger partial charge in [-0.1, -0.05) is 19.9 Å². The van der Waals surface area contributed by atoms with Gasteiger partial charge in [0.25, 0.3) is 0 Å². The van der Waals surface area contributed by atoms with Gasteiger partial charge in [-0.25, -0.2) is 0 Å². The highest BCUT2D eigenvalue weighted by atomic mass is 32.2. The van der Waals surface area contributed by atoms with E-state index in [0.29, 0.717) is 6.04 Å². The number of thioether (sulfide) groups is 1. The molecule has 1 N–H and O–H groups in total.